The molecule has 1 unspecified atom stereocenters. The monoisotopic (exact) mass is 331 g/mol. The van der Waals surface area contributed by atoms with Crippen molar-refractivity contribution in [3.63, 3.8) is 0 Å². The Hall–Kier alpha value is -1.61. The molecule has 1 atom stereocenters. The molecule has 2 aromatic carbocycles. The number of nitrogens with zero attached hydrogens (tertiary/aromatic N) is 1. The van der Waals surface area contributed by atoms with Gasteiger partial charge < -0.3 is 4.90 Å². The number of amides is 1. The second-order valence-corrected chi connectivity index (χ2v) is 5.82. The molecule has 0 aliphatic heterocycles. The van der Waals surface area contributed by atoms with Crippen LogP contribution in [0.4, 0.5) is 0 Å². The molecule has 2 rings (SSSR count). The van der Waals surface area contributed by atoms with Crippen LogP contribution in [0.3, 0.4) is 0 Å². The summed E-state index contributed by atoms with van der Waals surface area (Å²) in [5.41, 5.74) is 2.96. The normalized spacial score (nSPS) is 12.0. The molecule has 0 heterocycles. The highest BCUT2D eigenvalue weighted by molar-refractivity contribution is 9.10. The van der Waals surface area contributed by atoms with E-state index in [-0.39, 0.29) is 11.9 Å². The van der Waals surface area contributed by atoms with Crippen molar-refractivity contribution in [3.05, 3.63) is 69.7 Å². The Morgan fingerprint density at radius 1 is 1.15 bits per heavy atom. The lowest BCUT2D eigenvalue weighted by Gasteiger charge is -2.25. The lowest BCUT2D eigenvalue weighted by atomic mass is 10.1. The molecule has 0 saturated carbocycles. The van der Waals surface area contributed by atoms with Crippen molar-refractivity contribution in [1.82, 2.24) is 4.90 Å². The van der Waals surface area contributed by atoms with Crippen molar-refractivity contribution < 1.29 is 4.79 Å². The van der Waals surface area contributed by atoms with Crippen LogP contribution in [0.1, 0.15) is 34.5 Å². The van der Waals surface area contributed by atoms with Crippen LogP contribution in [0, 0.1) is 6.92 Å². The second-order valence-electron chi connectivity index (χ2n) is 4.97. The molecule has 20 heavy (non-hydrogen) atoms. The summed E-state index contributed by atoms with van der Waals surface area (Å²) >= 11 is 3.47. The molecular weight excluding hydrogens is 314 g/mol. The minimum atomic E-state index is 0.0297. The van der Waals surface area contributed by atoms with Gasteiger partial charge in [0.1, 0.15) is 0 Å². The van der Waals surface area contributed by atoms with Crippen molar-refractivity contribution in [3.8, 4) is 0 Å². The molecule has 0 saturated heterocycles. The number of rotatable bonds is 3. The largest absolute Gasteiger partial charge is 0.335 e. The lowest BCUT2D eigenvalue weighted by molar-refractivity contribution is 0.0742. The van der Waals surface area contributed by atoms with E-state index >= 15 is 0 Å². The standard InChI is InChI=1S/C17H18BrNO/c1-12-9-10-15(11-16(12)18)17(20)19(3)13(2)14-7-5-4-6-8-14/h4-11,13H,1-3H3. The van der Waals surface area contributed by atoms with Crippen molar-refractivity contribution in [1.29, 1.82) is 0 Å². The fourth-order valence-corrected chi connectivity index (χ4v) is 2.44. The van der Waals surface area contributed by atoms with Crippen LogP contribution in [0.25, 0.3) is 0 Å². The van der Waals surface area contributed by atoms with E-state index in [1.165, 1.54) is 0 Å². The zero-order valence-corrected chi connectivity index (χ0v) is 13.5. The van der Waals surface area contributed by atoms with Crippen LogP contribution < -0.4 is 0 Å². The first-order valence-corrected chi connectivity index (χ1v) is 7.38. The van der Waals surface area contributed by atoms with Gasteiger partial charge in [0.05, 0.1) is 6.04 Å². The summed E-state index contributed by atoms with van der Waals surface area (Å²) in [4.78, 5) is 14.3. The van der Waals surface area contributed by atoms with Gasteiger partial charge in [-0.1, -0.05) is 52.3 Å². The van der Waals surface area contributed by atoms with Gasteiger partial charge in [0, 0.05) is 17.1 Å². The Balaban J connectivity index is 2.22. The Labute approximate surface area is 128 Å². The van der Waals surface area contributed by atoms with Gasteiger partial charge in [-0.25, -0.2) is 0 Å². The predicted octanol–water partition coefficient (Wildman–Crippen LogP) is 4.59. The minimum absolute atomic E-state index is 0.0297. The quantitative estimate of drug-likeness (QED) is 0.805. The number of hydrogen-bond donors (Lipinski definition) is 0. The number of benzene rings is 2. The van der Waals surface area contributed by atoms with E-state index in [0.717, 1.165) is 15.6 Å². The van der Waals surface area contributed by atoms with Crippen molar-refractivity contribution in [2.45, 2.75) is 19.9 Å². The van der Waals surface area contributed by atoms with E-state index in [1.807, 2.05) is 69.4 Å². The Kier molecular flexibility index (Phi) is 4.61. The number of aryl methyl sites for hydroxylation is 1. The third-order valence-corrected chi connectivity index (χ3v) is 4.46. The van der Waals surface area contributed by atoms with Gasteiger partial charge in [-0.05, 0) is 37.1 Å². The average molecular weight is 332 g/mol. The first kappa shape index (κ1) is 14.8. The molecule has 2 aromatic rings. The zero-order valence-electron chi connectivity index (χ0n) is 11.9. The van der Waals surface area contributed by atoms with Crippen LogP contribution in [0.5, 0.6) is 0 Å². The van der Waals surface area contributed by atoms with Gasteiger partial charge in [-0.3, -0.25) is 4.79 Å². The maximum absolute atomic E-state index is 12.5. The molecule has 1 amide bonds. The summed E-state index contributed by atoms with van der Waals surface area (Å²) in [6, 6.07) is 15.8. The smallest absolute Gasteiger partial charge is 0.254 e. The molecule has 0 aliphatic carbocycles. The van der Waals surface area contributed by atoms with Crippen LogP contribution in [-0.4, -0.2) is 17.9 Å². The highest BCUT2D eigenvalue weighted by atomic mass is 79.9. The Morgan fingerprint density at radius 2 is 1.80 bits per heavy atom. The third-order valence-electron chi connectivity index (χ3n) is 3.60. The number of hydrogen-bond acceptors (Lipinski definition) is 1. The predicted molar refractivity (Wildman–Crippen MR) is 85.8 cm³/mol. The summed E-state index contributed by atoms with van der Waals surface area (Å²) in [5.74, 6) is 0.0297. The van der Waals surface area contributed by atoms with Gasteiger partial charge in [0.2, 0.25) is 0 Å². The third kappa shape index (κ3) is 3.10. The molecule has 0 radical (unpaired) electrons. The molecule has 3 heteroatoms. The van der Waals surface area contributed by atoms with Crippen LogP contribution in [0.2, 0.25) is 0 Å². The fraction of sp³-hybridized carbons (Fsp3) is 0.235. The first-order valence-electron chi connectivity index (χ1n) is 6.59. The van der Waals surface area contributed by atoms with E-state index in [0.29, 0.717) is 5.56 Å². The molecule has 104 valence electrons. The second kappa shape index (κ2) is 6.23. The van der Waals surface area contributed by atoms with Gasteiger partial charge in [0.25, 0.3) is 5.91 Å². The first-order chi connectivity index (χ1) is 9.50. The highest BCUT2D eigenvalue weighted by Gasteiger charge is 2.19. The summed E-state index contributed by atoms with van der Waals surface area (Å²) < 4.78 is 0.962. The summed E-state index contributed by atoms with van der Waals surface area (Å²) in [5, 5.41) is 0. The van der Waals surface area contributed by atoms with E-state index in [4.69, 9.17) is 0 Å². The molecule has 0 aliphatic rings. The Morgan fingerprint density at radius 3 is 2.40 bits per heavy atom. The SMILES string of the molecule is Cc1ccc(C(=O)N(C)C(C)c2ccccc2)cc1Br. The molecule has 0 spiro atoms. The van der Waals surface area contributed by atoms with Crippen LogP contribution in [0.15, 0.2) is 53.0 Å². The van der Waals surface area contributed by atoms with Crippen molar-refractivity contribution in [2.24, 2.45) is 0 Å². The Bertz CT molecular complexity index is 610. The molecule has 0 bridgehead atoms. The summed E-state index contributed by atoms with van der Waals surface area (Å²) in [6.45, 7) is 4.05. The minimum Gasteiger partial charge on any atom is -0.335 e. The van der Waals surface area contributed by atoms with Crippen LogP contribution in [-0.2, 0) is 0 Å². The van der Waals surface area contributed by atoms with Gasteiger partial charge in [-0.2, -0.15) is 0 Å². The van der Waals surface area contributed by atoms with Gasteiger partial charge >= 0.3 is 0 Å². The average Bonchev–Trinajstić information content (AvgIpc) is 2.48. The van der Waals surface area contributed by atoms with E-state index < -0.39 is 0 Å². The maximum atomic E-state index is 12.5. The van der Waals surface area contributed by atoms with Crippen LogP contribution >= 0.6 is 15.9 Å². The van der Waals surface area contributed by atoms with E-state index in [2.05, 4.69) is 15.9 Å². The zero-order chi connectivity index (χ0) is 14.7. The molecule has 0 N–H and O–H groups in total. The van der Waals surface area contributed by atoms with Gasteiger partial charge in [-0.15, -0.1) is 0 Å². The number of carbonyl (C=O) groups is 1. The lowest BCUT2D eigenvalue weighted by Crippen LogP contribution is -2.29. The summed E-state index contributed by atoms with van der Waals surface area (Å²) in [6.07, 6.45) is 0. The summed E-state index contributed by atoms with van der Waals surface area (Å²) in [7, 11) is 1.84. The van der Waals surface area contributed by atoms with E-state index in [9.17, 15) is 4.79 Å². The van der Waals surface area contributed by atoms with Gasteiger partial charge in [0.15, 0.2) is 0 Å². The number of carbonyl (C=O) groups excluding carboxylic acids is 1. The molecule has 0 fully saturated rings. The van der Waals surface area contributed by atoms with Crippen molar-refractivity contribution in [2.75, 3.05) is 7.05 Å². The molecular formula is C17H18BrNO. The molecule has 0 aromatic heterocycles. The maximum Gasteiger partial charge on any atom is 0.254 e. The fourth-order valence-electron chi connectivity index (χ4n) is 2.06. The number of halogens is 1. The van der Waals surface area contributed by atoms with Crippen molar-refractivity contribution >= 4 is 21.8 Å². The molecule has 2 nitrogen and oxygen atoms in total. The van der Waals surface area contributed by atoms with E-state index in [1.54, 1.807) is 4.90 Å². The topological polar surface area (TPSA) is 20.3 Å². The highest BCUT2D eigenvalue weighted by Crippen LogP contribution is 2.23.